The van der Waals surface area contributed by atoms with Gasteiger partial charge in [0, 0.05) is 9.24 Å². The summed E-state index contributed by atoms with van der Waals surface area (Å²) in [5.74, 6) is -2.02. The normalized spacial score (nSPS) is 11.8. The van der Waals surface area contributed by atoms with E-state index in [1.54, 1.807) is 0 Å². The number of hydrogen-bond acceptors (Lipinski definition) is 3. The lowest BCUT2D eigenvalue weighted by Gasteiger charge is -2.07. The first-order valence-corrected chi connectivity index (χ1v) is 5.44. The number of alkyl carbamates (subject to hydrolysis) is 1. The monoisotopic (exact) mass is 242 g/mol. The molecule has 6 heteroatoms. The van der Waals surface area contributed by atoms with Crippen LogP contribution in [0, 0.1) is 0 Å². The molecule has 5 nitrogen and oxygen atoms in total. The van der Waals surface area contributed by atoms with E-state index in [-0.39, 0.29) is 6.61 Å². The van der Waals surface area contributed by atoms with E-state index in [9.17, 15) is 9.59 Å². The predicted molar refractivity (Wildman–Crippen MR) is 62.3 cm³/mol. The molecule has 16 heavy (non-hydrogen) atoms. The van der Waals surface area contributed by atoms with Crippen molar-refractivity contribution >= 4 is 21.3 Å². The third-order valence-corrected chi connectivity index (χ3v) is 2.36. The van der Waals surface area contributed by atoms with Crippen LogP contribution < -0.4 is 5.32 Å². The largest absolute Gasteiger partial charge is 0.477 e. The zero-order chi connectivity index (χ0) is 12.0. The Hall–Kier alpha value is -1.61. The van der Waals surface area contributed by atoms with Gasteiger partial charge in [0.15, 0.2) is 0 Å². The van der Waals surface area contributed by atoms with Gasteiger partial charge in [0.25, 0.3) is 0 Å². The second kappa shape index (κ2) is 6.08. The Morgan fingerprint density at radius 3 is 2.56 bits per heavy atom. The molecule has 2 N–H and O–H groups in total. The molecule has 0 aromatic heterocycles. The fourth-order valence-electron chi connectivity index (χ4n) is 0.969. The molecule has 0 aliphatic rings. The molecular weight excluding hydrogens is 229 g/mol. The molecule has 0 bridgehead atoms. The molecule has 0 saturated carbocycles. The van der Waals surface area contributed by atoms with Gasteiger partial charge in [0.2, 0.25) is 5.78 Å². The van der Waals surface area contributed by atoms with Gasteiger partial charge in [0.1, 0.15) is 6.61 Å². The standard InChI is InChI=1S/C10H12NO4P/c12-9(13)8(16)11-10(14)15-6-7-4-2-1-3-5-7/h1-5,8H,6,16H2,(H,11,14)(H,12,13)/p+1. The number of carbonyl (C=O) groups is 2. The van der Waals surface area contributed by atoms with E-state index in [4.69, 9.17) is 9.84 Å². The van der Waals surface area contributed by atoms with E-state index in [1.807, 2.05) is 30.3 Å². The van der Waals surface area contributed by atoms with Gasteiger partial charge >= 0.3 is 12.1 Å². The van der Waals surface area contributed by atoms with Crippen LogP contribution in [0.4, 0.5) is 4.79 Å². The maximum atomic E-state index is 11.1. The topological polar surface area (TPSA) is 75.6 Å². The summed E-state index contributed by atoms with van der Waals surface area (Å²) >= 11 is 0. The Bertz CT molecular complexity index is 368. The Morgan fingerprint density at radius 1 is 1.38 bits per heavy atom. The number of ether oxygens (including phenoxy) is 1. The Kier molecular flexibility index (Phi) is 4.73. The summed E-state index contributed by atoms with van der Waals surface area (Å²) < 4.78 is 4.84. The lowest BCUT2D eigenvalue weighted by Crippen LogP contribution is -2.36. The van der Waals surface area contributed by atoms with Crippen molar-refractivity contribution in [2.45, 2.75) is 12.4 Å². The van der Waals surface area contributed by atoms with Crippen LogP contribution >= 0.6 is 9.24 Å². The Balaban J connectivity index is 2.33. The van der Waals surface area contributed by atoms with E-state index in [1.165, 1.54) is 0 Å². The van der Waals surface area contributed by atoms with Gasteiger partial charge < -0.3 is 9.84 Å². The number of rotatable bonds is 4. The maximum absolute atomic E-state index is 11.1. The third kappa shape index (κ3) is 4.28. The fourth-order valence-corrected chi connectivity index (χ4v) is 1.14. The van der Waals surface area contributed by atoms with Gasteiger partial charge in [-0.1, -0.05) is 30.3 Å². The summed E-state index contributed by atoms with van der Waals surface area (Å²) in [6.07, 6.45) is -0.730. The average molecular weight is 242 g/mol. The van der Waals surface area contributed by atoms with Gasteiger partial charge in [-0.05, 0) is 5.56 Å². The molecule has 2 atom stereocenters. The predicted octanol–water partition coefficient (Wildman–Crippen LogP) is 0.931. The highest BCUT2D eigenvalue weighted by atomic mass is 31.0. The summed E-state index contributed by atoms with van der Waals surface area (Å²) in [4.78, 5) is 21.6. The molecule has 0 saturated heterocycles. The number of nitrogens with one attached hydrogen (secondary N) is 1. The van der Waals surface area contributed by atoms with Crippen molar-refractivity contribution < 1.29 is 19.4 Å². The molecule has 0 aliphatic heterocycles. The van der Waals surface area contributed by atoms with E-state index in [2.05, 4.69) is 5.32 Å². The SMILES string of the molecule is O=C(NC([PH3+])C(=O)O)OCc1ccccc1. The van der Waals surface area contributed by atoms with Gasteiger partial charge in [-0.15, -0.1) is 0 Å². The molecular formula is C10H13NO4P+. The minimum Gasteiger partial charge on any atom is -0.477 e. The molecule has 0 heterocycles. The number of carbonyl (C=O) groups excluding carboxylic acids is 1. The number of amides is 1. The van der Waals surface area contributed by atoms with Crippen LogP contribution in [-0.4, -0.2) is 23.0 Å². The maximum Gasteiger partial charge on any atom is 0.410 e. The van der Waals surface area contributed by atoms with Gasteiger partial charge in [-0.2, -0.15) is 0 Å². The first-order valence-electron chi connectivity index (χ1n) is 4.62. The van der Waals surface area contributed by atoms with Crippen molar-refractivity contribution in [3.8, 4) is 0 Å². The molecule has 1 amide bonds. The Morgan fingerprint density at radius 2 is 2.00 bits per heavy atom. The summed E-state index contributed by atoms with van der Waals surface area (Å²) in [6, 6.07) is 9.15. The highest BCUT2D eigenvalue weighted by molar-refractivity contribution is 7.19. The molecule has 1 rings (SSSR count). The molecule has 0 spiro atoms. The molecule has 0 fully saturated rings. The van der Waals surface area contributed by atoms with Crippen LogP contribution in [0.2, 0.25) is 0 Å². The minimum absolute atomic E-state index is 0.127. The van der Waals surface area contributed by atoms with Crippen molar-refractivity contribution in [2.75, 3.05) is 0 Å². The molecule has 86 valence electrons. The second-order valence-electron chi connectivity index (χ2n) is 3.10. The number of carboxylic acids is 1. The zero-order valence-electron chi connectivity index (χ0n) is 8.55. The number of hydrogen-bond donors (Lipinski definition) is 2. The van der Waals surface area contributed by atoms with Crippen LogP contribution in [0.3, 0.4) is 0 Å². The van der Waals surface area contributed by atoms with Crippen LogP contribution in [-0.2, 0) is 16.1 Å². The first-order chi connectivity index (χ1) is 7.59. The smallest absolute Gasteiger partial charge is 0.410 e. The third-order valence-electron chi connectivity index (χ3n) is 1.80. The second-order valence-corrected chi connectivity index (χ2v) is 3.91. The lowest BCUT2D eigenvalue weighted by atomic mass is 10.2. The van der Waals surface area contributed by atoms with Crippen LogP contribution in [0.25, 0.3) is 0 Å². The molecule has 0 aliphatic carbocycles. The van der Waals surface area contributed by atoms with Crippen molar-refractivity contribution in [1.29, 1.82) is 0 Å². The highest BCUT2D eigenvalue weighted by Crippen LogP contribution is 2.01. The first kappa shape index (κ1) is 12.5. The van der Waals surface area contributed by atoms with E-state index < -0.39 is 17.8 Å². The summed E-state index contributed by atoms with van der Waals surface area (Å²) in [6.45, 7) is 0.127. The van der Waals surface area contributed by atoms with E-state index in [0.717, 1.165) is 14.8 Å². The number of aliphatic carboxylic acids is 1. The van der Waals surface area contributed by atoms with Crippen molar-refractivity contribution in [1.82, 2.24) is 5.32 Å². The van der Waals surface area contributed by atoms with Crippen molar-refractivity contribution in [3.05, 3.63) is 35.9 Å². The number of benzene rings is 1. The quantitative estimate of drug-likeness (QED) is 0.770. The van der Waals surface area contributed by atoms with Gasteiger partial charge in [0.05, 0.1) is 0 Å². The zero-order valence-corrected chi connectivity index (χ0v) is 9.96. The molecule has 2 unspecified atom stereocenters. The van der Waals surface area contributed by atoms with Gasteiger partial charge in [-0.3, -0.25) is 5.32 Å². The molecule has 1 aromatic carbocycles. The van der Waals surface area contributed by atoms with Crippen molar-refractivity contribution in [2.24, 2.45) is 0 Å². The van der Waals surface area contributed by atoms with E-state index in [0.29, 0.717) is 0 Å². The van der Waals surface area contributed by atoms with Crippen LogP contribution in [0.1, 0.15) is 5.56 Å². The Labute approximate surface area is 95.0 Å². The minimum atomic E-state index is -1.09. The van der Waals surface area contributed by atoms with E-state index >= 15 is 0 Å². The van der Waals surface area contributed by atoms with Gasteiger partial charge in [-0.25, -0.2) is 9.59 Å². The van der Waals surface area contributed by atoms with Crippen LogP contribution in [0.5, 0.6) is 0 Å². The van der Waals surface area contributed by atoms with Crippen LogP contribution in [0.15, 0.2) is 30.3 Å². The van der Waals surface area contributed by atoms with Crippen molar-refractivity contribution in [3.63, 3.8) is 0 Å². The lowest BCUT2D eigenvalue weighted by molar-refractivity contribution is -0.136. The number of carboxylic acid groups (broad SMARTS) is 1. The highest BCUT2D eigenvalue weighted by Gasteiger charge is 2.18. The summed E-state index contributed by atoms with van der Waals surface area (Å²) in [5.41, 5.74) is 0.850. The molecule has 0 radical (unpaired) electrons. The fraction of sp³-hybridized carbons (Fsp3) is 0.200. The molecule has 1 aromatic rings. The summed E-state index contributed by atoms with van der Waals surface area (Å²) in [5, 5.41) is 10.8. The average Bonchev–Trinajstić information content (AvgIpc) is 2.27. The summed E-state index contributed by atoms with van der Waals surface area (Å²) in [7, 11) is 1.16.